The minimum absolute atomic E-state index is 0.322. The monoisotopic (exact) mass is 412 g/mol. The number of allylic oxidation sites excluding steroid dienone is 1. The van der Waals surface area contributed by atoms with Gasteiger partial charge in [-0.2, -0.15) is 0 Å². The lowest BCUT2D eigenvalue weighted by atomic mass is 10.3. The molecule has 5 N–H and O–H groups in total. The number of nitrogens with zero attached hydrogens (tertiary/aromatic N) is 5. The predicted octanol–water partition coefficient (Wildman–Crippen LogP) is 2.27. The number of amidine groups is 1. The maximum absolute atomic E-state index is 5.99. The van der Waals surface area contributed by atoms with Crippen molar-refractivity contribution in [3.63, 3.8) is 0 Å². The van der Waals surface area contributed by atoms with Gasteiger partial charge < -0.3 is 26.6 Å². The van der Waals surface area contributed by atoms with E-state index in [1.807, 2.05) is 37.4 Å². The molecule has 8 nitrogen and oxygen atoms in total. The van der Waals surface area contributed by atoms with Crippen molar-refractivity contribution in [3.8, 4) is 0 Å². The van der Waals surface area contributed by atoms with E-state index in [4.69, 9.17) is 16.5 Å². The molecular formula is C20H28N8S. The summed E-state index contributed by atoms with van der Waals surface area (Å²) in [5, 5.41) is 3.76. The number of nitrogens with two attached hydrogens (primary N) is 2. The Balaban J connectivity index is 1.91. The topological polar surface area (TPSA) is 109 Å². The number of hydrogen-bond donors (Lipinski definition) is 3. The molecule has 0 saturated carbocycles. The van der Waals surface area contributed by atoms with Gasteiger partial charge in [0.15, 0.2) is 11.0 Å². The molecule has 0 unspecified atom stereocenters. The summed E-state index contributed by atoms with van der Waals surface area (Å²) in [6.07, 6.45) is 1.63. The minimum Gasteiger partial charge on any atom is -0.402 e. The van der Waals surface area contributed by atoms with Crippen molar-refractivity contribution in [2.75, 3.05) is 50.5 Å². The largest absolute Gasteiger partial charge is 0.402 e. The third-order valence-corrected chi connectivity index (χ3v) is 5.35. The van der Waals surface area contributed by atoms with Crippen LogP contribution >= 0.6 is 11.8 Å². The highest BCUT2D eigenvalue weighted by Gasteiger charge is 2.17. The van der Waals surface area contributed by atoms with Crippen molar-refractivity contribution in [3.05, 3.63) is 42.1 Å². The fraction of sp³-hybridized carbons (Fsp3) is 0.350. The van der Waals surface area contributed by atoms with Crippen LogP contribution in [0.4, 0.5) is 17.3 Å². The first-order valence-electron chi connectivity index (χ1n) is 9.49. The van der Waals surface area contributed by atoms with Crippen LogP contribution in [0.3, 0.4) is 0 Å². The van der Waals surface area contributed by atoms with Crippen LogP contribution in [0.2, 0.25) is 0 Å². The van der Waals surface area contributed by atoms with Crippen molar-refractivity contribution in [2.45, 2.75) is 17.0 Å². The first kappa shape index (κ1) is 20.9. The van der Waals surface area contributed by atoms with Crippen LogP contribution in [0.5, 0.6) is 0 Å². The second kappa shape index (κ2) is 9.62. The van der Waals surface area contributed by atoms with Gasteiger partial charge in [0.25, 0.3) is 0 Å². The molecule has 1 saturated heterocycles. The molecule has 29 heavy (non-hydrogen) atoms. The number of likely N-dealkylation sites (N-methyl/N-ethyl adjacent to an activating group) is 1. The fourth-order valence-corrected chi connectivity index (χ4v) is 3.66. The van der Waals surface area contributed by atoms with Gasteiger partial charge in [0, 0.05) is 55.6 Å². The Morgan fingerprint density at radius 1 is 1.14 bits per heavy atom. The molecule has 2 aromatic rings. The summed E-state index contributed by atoms with van der Waals surface area (Å²) in [6, 6.07) is 10.0. The first-order chi connectivity index (χ1) is 13.9. The van der Waals surface area contributed by atoms with Gasteiger partial charge in [-0.15, -0.1) is 0 Å². The van der Waals surface area contributed by atoms with E-state index in [1.165, 1.54) is 11.8 Å². The Morgan fingerprint density at radius 3 is 2.45 bits per heavy atom. The molecular weight excluding hydrogens is 384 g/mol. The van der Waals surface area contributed by atoms with Crippen LogP contribution in [-0.2, 0) is 0 Å². The summed E-state index contributed by atoms with van der Waals surface area (Å²) < 4.78 is 0. The molecule has 0 bridgehead atoms. The van der Waals surface area contributed by atoms with Crippen molar-refractivity contribution in [2.24, 2.45) is 16.5 Å². The van der Waals surface area contributed by atoms with Gasteiger partial charge in [-0.1, -0.05) is 0 Å². The maximum atomic E-state index is 5.99. The van der Waals surface area contributed by atoms with E-state index in [-0.39, 0.29) is 0 Å². The normalized spacial score (nSPS) is 16.2. The molecule has 1 fully saturated rings. The summed E-state index contributed by atoms with van der Waals surface area (Å²) in [7, 11) is 4.03. The first-order valence-corrected chi connectivity index (χ1v) is 10.3. The highest BCUT2D eigenvalue weighted by molar-refractivity contribution is 7.99. The van der Waals surface area contributed by atoms with Gasteiger partial charge in [0.1, 0.15) is 11.7 Å². The number of anilines is 2. The lowest BCUT2D eigenvalue weighted by Crippen LogP contribution is -2.44. The maximum Gasteiger partial charge on any atom is 0.196 e. The number of hydrogen-bond acceptors (Lipinski definition) is 8. The zero-order chi connectivity index (χ0) is 20.8. The van der Waals surface area contributed by atoms with Crippen molar-refractivity contribution < 1.29 is 0 Å². The highest BCUT2D eigenvalue weighted by atomic mass is 32.2. The van der Waals surface area contributed by atoms with Crippen molar-refractivity contribution in [1.29, 1.82) is 0 Å². The van der Waals surface area contributed by atoms with Crippen molar-refractivity contribution >= 4 is 34.9 Å². The Bertz CT molecular complexity index is 882. The molecule has 0 atom stereocenters. The van der Waals surface area contributed by atoms with Crippen LogP contribution in [0.25, 0.3) is 0 Å². The van der Waals surface area contributed by atoms with Gasteiger partial charge >= 0.3 is 0 Å². The molecule has 0 amide bonds. The standard InChI is InChI=1S/C20H28N8S/c1-14(21)12-17(22)24-18-13-19(28-10-8-27(3)9-11-28)26-20(25-18)29-16-6-4-15(23-2)5-7-16/h4-7,12-13,23H,8-11,21H2,1-3H3,(H2,22,24,25,26)/b14-12-. The Hall–Kier alpha value is -2.78. The molecule has 1 aromatic heterocycles. The number of aromatic nitrogens is 2. The predicted molar refractivity (Wildman–Crippen MR) is 121 cm³/mol. The zero-order valence-electron chi connectivity index (χ0n) is 17.1. The minimum atomic E-state index is 0.322. The van der Waals surface area contributed by atoms with E-state index in [1.54, 1.807) is 13.0 Å². The summed E-state index contributed by atoms with van der Waals surface area (Å²) >= 11 is 1.50. The Labute approximate surface area is 176 Å². The molecule has 3 rings (SSSR count). The molecule has 0 aliphatic carbocycles. The van der Waals surface area contributed by atoms with Gasteiger partial charge in [-0.05, 0) is 56.1 Å². The zero-order valence-corrected chi connectivity index (χ0v) is 17.9. The molecule has 1 aromatic carbocycles. The molecule has 1 aliphatic heterocycles. The van der Waals surface area contributed by atoms with E-state index >= 15 is 0 Å². The van der Waals surface area contributed by atoms with Crippen LogP contribution in [-0.4, -0.2) is 61.0 Å². The number of rotatable bonds is 6. The van der Waals surface area contributed by atoms with E-state index in [0.717, 1.165) is 42.6 Å². The third-order valence-electron chi connectivity index (χ3n) is 4.48. The number of nitrogens with one attached hydrogen (secondary N) is 1. The lowest BCUT2D eigenvalue weighted by Gasteiger charge is -2.33. The smallest absolute Gasteiger partial charge is 0.196 e. The second-order valence-corrected chi connectivity index (χ2v) is 8.00. The fourth-order valence-electron chi connectivity index (χ4n) is 2.89. The molecule has 2 heterocycles. The number of piperazine rings is 1. The Kier molecular flexibility index (Phi) is 6.95. The summed E-state index contributed by atoms with van der Waals surface area (Å²) in [4.78, 5) is 19.4. The van der Waals surface area contributed by atoms with Crippen LogP contribution in [0.1, 0.15) is 6.92 Å². The molecule has 1 aliphatic rings. The third kappa shape index (κ3) is 6.10. The van der Waals surface area contributed by atoms with Gasteiger partial charge in [-0.3, -0.25) is 0 Å². The second-order valence-electron chi connectivity index (χ2n) is 6.96. The molecule has 0 radical (unpaired) electrons. The SMILES string of the molecule is CNc1ccc(Sc2nc(/N=C(N)/C=C(/C)N)cc(N3CCN(C)CC3)n2)cc1. The van der Waals surface area contributed by atoms with Gasteiger partial charge in [0.05, 0.1) is 0 Å². The number of aliphatic imine (C=N–C) groups is 1. The van der Waals surface area contributed by atoms with Gasteiger partial charge in [-0.25, -0.2) is 15.0 Å². The summed E-state index contributed by atoms with van der Waals surface area (Å²) in [5.74, 6) is 1.71. The van der Waals surface area contributed by atoms with Crippen molar-refractivity contribution in [1.82, 2.24) is 14.9 Å². The molecule has 154 valence electrons. The van der Waals surface area contributed by atoms with E-state index in [9.17, 15) is 0 Å². The summed E-state index contributed by atoms with van der Waals surface area (Å²) in [5.41, 5.74) is 13.3. The van der Waals surface area contributed by atoms with E-state index in [2.05, 4.69) is 32.1 Å². The Morgan fingerprint density at radius 2 is 1.83 bits per heavy atom. The van der Waals surface area contributed by atoms with Crippen LogP contribution < -0.4 is 21.7 Å². The average Bonchev–Trinajstić information content (AvgIpc) is 2.68. The summed E-state index contributed by atoms with van der Waals surface area (Å²) in [6.45, 7) is 5.58. The van der Waals surface area contributed by atoms with Crippen LogP contribution in [0, 0.1) is 0 Å². The lowest BCUT2D eigenvalue weighted by molar-refractivity contribution is 0.312. The highest BCUT2D eigenvalue weighted by Crippen LogP contribution is 2.30. The van der Waals surface area contributed by atoms with E-state index in [0.29, 0.717) is 22.5 Å². The number of benzene rings is 1. The molecule has 9 heteroatoms. The van der Waals surface area contributed by atoms with Crippen LogP contribution in [0.15, 0.2) is 57.1 Å². The van der Waals surface area contributed by atoms with Gasteiger partial charge in [0.2, 0.25) is 0 Å². The van der Waals surface area contributed by atoms with E-state index < -0.39 is 0 Å². The average molecular weight is 413 g/mol. The quantitative estimate of drug-likeness (QED) is 0.377. The molecule has 0 spiro atoms.